The molecule has 0 radical (unpaired) electrons. The molecular weight excluding hydrogens is 204 g/mol. The Balaban J connectivity index is 2.90. The van der Waals surface area contributed by atoms with E-state index in [0.717, 1.165) is 0 Å². The number of halogens is 1. The number of aliphatic hydroxyl groups is 1. The molecule has 1 rings (SSSR count). The van der Waals surface area contributed by atoms with Gasteiger partial charge in [-0.3, -0.25) is 0 Å². The average Bonchev–Trinajstić information content (AvgIpc) is 2.15. The van der Waals surface area contributed by atoms with Crippen molar-refractivity contribution in [2.45, 2.75) is 13.0 Å². The second-order valence-corrected chi connectivity index (χ2v) is 3.35. The molecule has 0 saturated carbocycles. The van der Waals surface area contributed by atoms with Crippen LogP contribution in [-0.2, 0) is 4.74 Å². The van der Waals surface area contributed by atoms with Crippen LogP contribution in [-0.4, -0.2) is 19.0 Å². The molecule has 0 aromatic heterocycles. The highest BCUT2D eigenvalue weighted by atomic mass is 35.5. The normalized spacial score (nSPS) is 12.6. The maximum Gasteiger partial charge on any atom is 0.188 e. The summed E-state index contributed by atoms with van der Waals surface area (Å²) >= 11 is 5.80. The smallest absolute Gasteiger partial charge is 0.188 e. The van der Waals surface area contributed by atoms with Crippen LogP contribution in [0.25, 0.3) is 0 Å². The van der Waals surface area contributed by atoms with Gasteiger partial charge in [-0.25, -0.2) is 0 Å². The third kappa shape index (κ3) is 2.87. The molecule has 78 valence electrons. The van der Waals surface area contributed by atoms with Crippen LogP contribution in [0.15, 0.2) is 18.2 Å². The molecule has 0 amide bonds. The summed E-state index contributed by atoms with van der Waals surface area (Å²) in [6.07, 6.45) is -0.611. The summed E-state index contributed by atoms with van der Waals surface area (Å²) in [5.74, 6) is 0.589. The van der Waals surface area contributed by atoms with Gasteiger partial charge in [0.25, 0.3) is 0 Å². The minimum atomic E-state index is -0.611. The molecule has 0 aliphatic heterocycles. The topological polar surface area (TPSA) is 38.7 Å². The van der Waals surface area contributed by atoms with E-state index < -0.39 is 6.10 Å². The van der Waals surface area contributed by atoms with E-state index >= 15 is 0 Å². The van der Waals surface area contributed by atoms with Crippen molar-refractivity contribution in [1.82, 2.24) is 0 Å². The summed E-state index contributed by atoms with van der Waals surface area (Å²) in [4.78, 5) is 0. The number of methoxy groups -OCH3 is 1. The molecule has 0 saturated heterocycles. The van der Waals surface area contributed by atoms with E-state index in [-0.39, 0.29) is 6.79 Å². The molecule has 0 aliphatic rings. The van der Waals surface area contributed by atoms with Gasteiger partial charge in [0.15, 0.2) is 6.79 Å². The molecule has 0 spiro atoms. The Hall–Kier alpha value is -0.770. The predicted molar refractivity (Wildman–Crippen MR) is 54.6 cm³/mol. The number of rotatable bonds is 4. The van der Waals surface area contributed by atoms with Crippen LogP contribution in [0.5, 0.6) is 5.75 Å². The van der Waals surface area contributed by atoms with Gasteiger partial charge < -0.3 is 14.6 Å². The van der Waals surface area contributed by atoms with Crippen LogP contribution in [0.4, 0.5) is 0 Å². The maximum atomic E-state index is 9.45. The molecule has 0 bridgehead atoms. The number of benzene rings is 1. The van der Waals surface area contributed by atoms with E-state index in [4.69, 9.17) is 21.1 Å². The van der Waals surface area contributed by atoms with Gasteiger partial charge in [0, 0.05) is 17.7 Å². The molecule has 1 unspecified atom stereocenters. The first-order valence-electron chi connectivity index (χ1n) is 4.24. The lowest BCUT2D eigenvalue weighted by atomic mass is 10.1. The molecule has 1 atom stereocenters. The molecule has 0 heterocycles. The lowest BCUT2D eigenvalue weighted by Crippen LogP contribution is -2.03. The van der Waals surface area contributed by atoms with Gasteiger partial charge in [0.05, 0.1) is 6.10 Å². The van der Waals surface area contributed by atoms with E-state index in [1.807, 2.05) is 0 Å². The third-order valence-corrected chi connectivity index (χ3v) is 1.99. The van der Waals surface area contributed by atoms with Gasteiger partial charge >= 0.3 is 0 Å². The van der Waals surface area contributed by atoms with Crippen molar-refractivity contribution >= 4 is 11.6 Å². The zero-order valence-electron chi connectivity index (χ0n) is 8.16. The standard InChI is InChI=1S/C10H13ClO3/c1-7(12)9-5-8(11)3-4-10(9)14-6-13-2/h3-5,7,12H,6H2,1-2H3. The largest absolute Gasteiger partial charge is 0.467 e. The van der Waals surface area contributed by atoms with Crippen LogP contribution in [0.2, 0.25) is 5.02 Å². The lowest BCUT2D eigenvalue weighted by molar-refractivity contribution is 0.0484. The summed E-state index contributed by atoms with van der Waals surface area (Å²) in [6.45, 7) is 1.81. The van der Waals surface area contributed by atoms with Crippen LogP contribution >= 0.6 is 11.6 Å². The number of hydrogen-bond donors (Lipinski definition) is 1. The fourth-order valence-electron chi connectivity index (χ4n) is 1.10. The summed E-state index contributed by atoms with van der Waals surface area (Å²) in [6, 6.07) is 5.10. The van der Waals surface area contributed by atoms with Gasteiger partial charge in [0.1, 0.15) is 5.75 Å². The third-order valence-electron chi connectivity index (χ3n) is 1.75. The fraction of sp³-hybridized carbons (Fsp3) is 0.400. The minimum absolute atomic E-state index is 0.154. The second-order valence-electron chi connectivity index (χ2n) is 2.91. The van der Waals surface area contributed by atoms with Gasteiger partial charge in [-0.1, -0.05) is 11.6 Å². The van der Waals surface area contributed by atoms with Gasteiger partial charge in [0.2, 0.25) is 0 Å². The average molecular weight is 217 g/mol. The summed E-state index contributed by atoms with van der Waals surface area (Å²) < 4.78 is 10.0. The summed E-state index contributed by atoms with van der Waals surface area (Å²) in [7, 11) is 1.54. The van der Waals surface area contributed by atoms with Crippen LogP contribution in [0.1, 0.15) is 18.6 Å². The summed E-state index contributed by atoms with van der Waals surface area (Å²) in [5, 5.41) is 10.0. The van der Waals surface area contributed by atoms with Crippen LogP contribution in [0, 0.1) is 0 Å². The molecular formula is C10H13ClO3. The Morgan fingerprint density at radius 3 is 2.79 bits per heavy atom. The van der Waals surface area contributed by atoms with Gasteiger partial charge in [-0.15, -0.1) is 0 Å². The predicted octanol–water partition coefficient (Wildman–Crippen LogP) is 2.38. The number of ether oxygens (including phenoxy) is 2. The molecule has 1 aromatic rings. The van der Waals surface area contributed by atoms with Gasteiger partial charge in [-0.2, -0.15) is 0 Å². The van der Waals surface area contributed by atoms with E-state index in [1.54, 1.807) is 25.1 Å². The fourth-order valence-corrected chi connectivity index (χ4v) is 1.28. The molecule has 1 aromatic carbocycles. The molecule has 14 heavy (non-hydrogen) atoms. The molecule has 0 fully saturated rings. The van der Waals surface area contributed by atoms with Crippen molar-refractivity contribution in [3.8, 4) is 5.75 Å². The van der Waals surface area contributed by atoms with Crippen molar-refractivity contribution in [2.24, 2.45) is 0 Å². The van der Waals surface area contributed by atoms with E-state index in [0.29, 0.717) is 16.3 Å². The Kier molecular flexibility index (Phi) is 4.20. The first-order valence-corrected chi connectivity index (χ1v) is 4.62. The van der Waals surface area contributed by atoms with Crippen molar-refractivity contribution in [2.75, 3.05) is 13.9 Å². The van der Waals surface area contributed by atoms with Crippen molar-refractivity contribution in [1.29, 1.82) is 0 Å². The Morgan fingerprint density at radius 1 is 1.50 bits per heavy atom. The van der Waals surface area contributed by atoms with Crippen molar-refractivity contribution in [3.63, 3.8) is 0 Å². The summed E-state index contributed by atoms with van der Waals surface area (Å²) in [5.41, 5.74) is 0.662. The zero-order valence-corrected chi connectivity index (χ0v) is 8.91. The first kappa shape index (κ1) is 11.3. The molecule has 3 nitrogen and oxygen atoms in total. The van der Waals surface area contributed by atoms with Gasteiger partial charge in [-0.05, 0) is 25.1 Å². The Morgan fingerprint density at radius 2 is 2.21 bits per heavy atom. The SMILES string of the molecule is COCOc1ccc(Cl)cc1C(C)O. The van der Waals surface area contributed by atoms with Crippen LogP contribution in [0.3, 0.4) is 0 Å². The molecule has 4 heteroatoms. The van der Waals surface area contributed by atoms with E-state index in [9.17, 15) is 5.11 Å². The number of aliphatic hydroxyl groups excluding tert-OH is 1. The molecule has 0 aliphatic carbocycles. The quantitative estimate of drug-likeness (QED) is 0.786. The highest BCUT2D eigenvalue weighted by molar-refractivity contribution is 6.30. The lowest BCUT2D eigenvalue weighted by Gasteiger charge is -2.12. The van der Waals surface area contributed by atoms with E-state index in [1.165, 1.54) is 7.11 Å². The zero-order chi connectivity index (χ0) is 10.6. The minimum Gasteiger partial charge on any atom is -0.467 e. The van der Waals surface area contributed by atoms with E-state index in [2.05, 4.69) is 0 Å². The second kappa shape index (κ2) is 5.20. The van der Waals surface area contributed by atoms with Crippen molar-refractivity contribution in [3.05, 3.63) is 28.8 Å². The van der Waals surface area contributed by atoms with Crippen molar-refractivity contribution < 1.29 is 14.6 Å². The maximum absolute atomic E-state index is 9.45. The highest BCUT2D eigenvalue weighted by Gasteiger charge is 2.09. The first-order chi connectivity index (χ1) is 6.65. The molecule has 1 N–H and O–H groups in total. The number of hydrogen-bond acceptors (Lipinski definition) is 3. The highest BCUT2D eigenvalue weighted by Crippen LogP contribution is 2.28. The van der Waals surface area contributed by atoms with Crippen LogP contribution < -0.4 is 4.74 Å². The Labute approximate surface area is 88.2 Å². The monoisotopic (exact) mass is 216 g/mol. The Bertz CT molecular complexity index is 299.